The molecule has 4 aliphatic carbocycles. The van der Waals surface area contributed by atoms with Crippen LogP contribution in [0.15, 0.2) is 24.3 Å². The summed E-state index contributed by atoms with van der Waals surface area (Å²) in [5, 5.41) is 0.677. The summed E-state index contributed by atoms with van der Waals surface area (Å²) in [4.78, 5) is 43.7. The summed E-state index contributed by atoms with van der Waals surface area (Å²) in [5.74, 6) is -0.938. The number of amides is 2. The molecule has 4 bridgehead atoms. The molecule has 1 aliphatic heterocycles. The van der Waals surface area contributed by atoms with Crippen LogP contribution in [0.1, 0.15) is 73.1 Å². The van der Waals surface area contributed by atoms with E-state index in [0.717, 1.165) is 25.7 Å². The molecule has 5 heteroatoms. The molecule has 0 radical (unpaired) electrons. The standard InChI is InChI=1S/C21H23NO4/c1-19-7-13-8-20(2,10-19)12-21(9-13,11-19)18(25)26-22-16(23)14-5-3-4-6-15(14)17(22)24/h3-6,13H,7-12H2,1-2H3. The van der Waals surface area contributed by atoms with E-state index in [1.807, 2.05) is 0 Å². The summed E-state index contributed by atoms with van der Waals surface area (Å²) in [6, 6.07) is 6.60. The van der Waals surface area contributed by atoms with Gasteiger partial charge in [0.25, 0.3) is 11.8 Å². The summed E-state index contributed by atoms with van der Waals surface area (Å²) in [6.45, 7) is 4.56. The summed E-state index contributed by atoms with van der Waals surface area (Å²) in [5.41, 5.74) is 0.368. The third-order valence-corrected chi connectivity index (χ3v) is 6.99. The van der Waals surface area contributed by atoms with E-state index in [1.165, 1.54) is 12.8 Å². The molecule has 0 spiro atoms. The second-order valence-corrected chi connectivity index (χ2v) is 9.74. The van der Waals surface area contributed by atoms with Gasteiger partial charge in [0.05, 0.1) is 16.5 Å². The number of hydroxylamine groups is 2. The summed E-state index contributed by atoms with van der Waals surface area (Å²) in [7, 11) is 0. The number of hydrogen-bond acceptors (Lipinski definition) is 4. The van der Waals surface area contributed by atoms with Crippen LogP contribution in [-0.2, 0) is 9.63 Å². The molecule has 2 unspecified atom stereocenters. The Morgan fingerprint density at radius 3 is 2.00 bits per heavy atom. The molecule has 0 aromatic heterocycles. The van der Waals surface area contributed by atoms with Gasteiger partial charge in [0.15, 0.2) is 0 Å². The molecule has 4 saturated carbocycles. The van der Waals surface area contributed by atoms with E-state index < -0.39 is 23.2 Å². The fourth-order valence-corrected chi connectivity index (χ4v) is 7.11. The van der Waals surface area contributed by atoms with Gasteiger partial charge in [-0.15, -0.1) is 0 Å². The first-order valence-electron chi connectivity index (χ1n) is 9.43. The minimum atomic E-state index is -0.557. The van der Waals surface area contributed by atoms with Gasteiger partial charge in [-0.05, 0) is 67.4 Å². The third kappa shape index (κ3) is 2.06. The zero-order valence-corrected chi connectivity index (χ0v) is 15.2. The number of carbonyl (C=O) groups excluding carboxylic acids is 3. The Kier molecular flexibility index (Phi) is 2.93. The normalized spacial score (nSPS) is 40.1. The molecule has 6 rings (SSSR count). The zero-order chi connectivity index (χ0) is 18.3. The highest BCUT2D eigenvalue weighted by Gasteiger charge is 2.64. The second kappa shape index (κ2) is 4.76. The average molecular weight is 353 g/mol. The van der Waals surface area contributed by atoms with Gasteiger partial charge in [-0.1, -0.05) is 31.0 Å². The van der Waals surface area contributed by atoms with E-state index in [9.17, 15) is 14.4 Å². The SMILES string of the molecule is CC12CC3CC(C)(C1)CC(C(=O)ON1C(=O)c4ccccc4C1=O)(C3)C2. The number of benzene rings is 1. The molecule has 0 saturated heterocycles. The van der Waals surface area contributed by atoms with Crippen molar-refractivity contribution >= 4 is 17.8 Å². The first-order valence-corrected chi connectivity index (χ1v) is 9.43. The molecule has 26 heavy (non-hydrogen) atoms. The monoisotopic (exact) mass is 353 g/mol. The average Bonchev–Trinajstić information content (AvgIpc) is 2.77. The van der Waals surface area contributed by atoms with Crippen molar-refractivity contribution in [2.45, 2.75) is 52.4 Å². The minimum Gasteiger partial charge on any atom is -0.329 e. The minimum absolute atomic E-state index is 0.162. The molecular weight excluding hydrogens is 330 g/mol. The molecule has 5 aliphatic rings. The van der Waals surface area contributed by atoms with Gasteiger partial charge in [0, 0.05) is 0 Å². The van der Waals surface area contributed by atoms with Crippen molar-refractivity contribution in [3.05, 3.63) is 35.4 Å². The van der Waals surface area contributed by atoms with Gasteiger partial charge in [0.2, 0.25) is 0 Å². The van der Waals surface area contributed by atoms with Crippen molar-refractivity contribution in [1.82, 2.24) is 5.06 Å². The maximum absolute atomic E-state index is 13.2. The number of carbonyl (C=O) groups is 3. The Morgan fingerprint density at radius 2 is 1.50 bits per heavy atom. The van der Waals surface area contributed by atoms with Gasteiger partial charge in [-0.2, -0.15) is 0 Å². The molecule has 4 fully saturated rings. The van der Waals surface area contributed by atoms with Crippen molar-refractivity contribution in [3.8, 4) is 0 Å². The highest BCUT2D eigenvalue weighted by Crippen LogP contribution is 2.69. The molecule has 0 N–H and O–H groups in total. The fraction of sp³-hybridized carbons (Fsp3) is 0.571. The smallest absolute Gasteiger partial charge is 0.329 e. The Bertz CT molecular complexity index is 806. The van der Waals surface area contributed by atoms with Crippen LogP contribution >= 0.6 is 0 Å². The number of fused-ring (bicyclic) bond motifs is 1. The number of imide groups is 1. The van der Waals surface area contributed by atoms with Gasteiger partial charge < -0.3 is 4.84 Å². The summed E-state index contributed by atoms with van der Waals surface area (Å²) >= 11 is 0. The Balaban J connectivity index is 1.43. The highest BCUT2D eigenvalue weighted by molar-refractivity contribution is 6.20. The molecule has 1 heterocycles. The van der Waals surface area contributed by atoms with Crippen LogP contribution < -0.4 is 0 Å². The van der Waals surface area contributed by atoms with E-state index in [2.05, 4.69) is 13.8 Å². The lowest BCUT2D eigenvalue weighted by Crippen LogP contribution is -2.58. The van der Waals surface area contributed by atoms with Crippen LogP contribution in [0, 0.1) is 22.2 Å². The lowest BCUT2D eigenvalue weighted by atomic mass is 9.40. The third-order valence-electron chi connectivity index (χ3n) is 6.99. The second-order valence-electron chi connectivity index (χ2n) is 9.74. The van der Waals surface area contributed by atoms with Crippen molar-refractivity contribution < 1.29 is 19.2 Å². The van der Waals surface area contributed by atoms with Crippen molar-refractivity contribution in [3.63, 3.8) is 0 Å². The quantitative estimate of drug-likeness (QED) is 0.760. The Hall–Kier alpha value is -2.17. The molecule has 5 nitrogen and oxygen atoms in total. The van der Waals surface area contributed by atoms with Crippen LogP contribution in [-0.4, -0.2) is 22.8 Å². The molecule has 2 amide bonds. The predicted molar refractivity (Wildman–Crippen MR) is 92.9 cm³/mol. The topological polar surface area (TPSA) is 63.7 Å². The zero-order valence-electron chi connectivity index (χ0n) is 15.2. The largest absolute Gasteiger partial charge is 0.339 e. The van der Waals surface area contributed by atoms with E-state index in [4.69, 9.17) is 4.84 Å². The lowest BCUT2D eigenvalue weighted by Gasteiger charge is -2.64. The Morgan fingerprint density at radius 1 is 0.962 bits per heavy atom. The van der Waals surface area contributed by atoms with Gasteiger partial charge in [-0.25, -0.2) is 4.79 Å². The van der Waals surface area contributed by atoms with Gasteiger partial charge in [-0.3, -0.25) is 9.59 Å². The van der Waals surface area contributed by atoms with Crippen molar-refractivity contribution in [2.24, 2.45) is 22.2 Å². The molecular formula is C21H23NO4. The highest BCUT2D eigenvalue weighted by atomic mass is 16.7. The molecule has 1 aromatic rings. The van der Waals surface area contributed by atoms with Crippen LogP contribution in [0.2, 0.25) is 0 Å². The number of rotatable bonds is 2. The molecule has 2 atom stereocenters. The van der Waals surface area contributed by atoms with Crippen LogP contribution in [0.5, 0.6) is 0 Å². The maximum Gasteiger partial charge on any atom is 0.339 e. The number of nitrogens with zero attached hydrogens (tertiary/aromatic N) is 1. The fourth-order valence-electron chi connectivity index (χ4n) is 7.11. The first kappa shape index (κ1) is 16.0. The molecule has 1 aromatic carbocycles. The molecule has 136 valence electrons. The van der Waals surface area contributed by atoms with E-state index >= 15 is 0 Å². The number of hydrogen-bond donors (Lipinski definition) is 0. The van der Waals surface area contributed by atoms with E-state index in [1.54, 1.807) is 24.3 Å². The van der Waals surface area contributed by atoms with Crippen LogP contribution in [0.25, 0.3) is 0 Å². The Labute approximate surface area is 152 Å². The maximum atomic E-state index is 13.2. The van der Waals surface area contributed by atoms with Gasteiger partial charge in [0.1, 0.15) is 0 Å². The summed E-state index contributed by atoms with van der Waals surface area (Å²) in [6.07, 6.45) is 5.91. The van der Waals surface area contributed by atoms with Gasteiger partial charge >= 0.3 is 5.97 Å². The van der Waals surface area contributed by atoms with Crippen LogP contribution in [0.4, 0.5) is 0 Å². The van der Waals surface area contributed by atoms with Crippen molar-refractivity contribution in [1.29, 1.82) is 0 Å². The van der Waals surface area contributed by atoms with Crippen molar-refractivity contribution in [2.75, 3.05) is 0 Å². The van der Waals surface area contributed by atoms with Crippen LogP contribution in [0.3, 0.4) is 0 Å². The summed E-state index contributed by atoms with van der Waals surface area (Å²) < 4.78 is 0. The van der Waals surface area contributed by atoms with E-state index in [0.29, 0.717) is 22.1 Å². The lowest BCUT2D eigenvalue weighted by molar-refractivity contribution is -0.210. The predicted octanol–water partition coefficient (Wildman–Crippen LogP) is 3.74. The first-order chi connectivity index (χ1) is 12.2. The van der Waals surface area contributed by atoms with E-state index in [-0.39, 0.29) is 10.8 Å².